The maximum atomic E-state index is 14.5. The van der Waals surface area contributed by atoms with Crippen molar-refractivity contribution in [3.63, 3.8) is 0 Å². The first-order valence-corrected chi connectivity index (χ1v) is 20.1. The van der Waals surface area contributed by atoms with Crippen molar-refractivity contribution in [3.05, 3.63) is 124 Å². The van der Waals surface area contributed by atoms with E-state index in [1.165, 1.54) is 6.26 Å². The summed E-state index contributed by atoms with van der Waals surface area (Å²) in [4.78, 5) is 44.0. The van der Waals surface area contributed by atoms with Gasteiger partial charge >= 0.3 is 0 Å². The number of aliphatic hydroxyl groups is 3. The quantitative estimate of drug-likeness (QED) is 0.103. The van der Waals surface area contributed by atoms with Gasteiger partial charge in [0, 0.05) is 40.4 Å². The van der Waals surface area contributed by atoms with Gasteiger partial charge in [0.15, 0.2) is 23.1 Å². The molecule has 5 heterocycles. The van der Waals surface area contributed by atoms with Crippen molar-refractivity contribution in [1.29, 1.82) is 0 Å². The van der Waals surface area contributed by atoms with E-state index in [4.69, 9.17) is 35.2 Å². The molecule has 1 amide bonds. The number of hydrogen-bond acceptors (Lipinski definition) is 17. The Balaban J connectivity index is 1.21. The number of para-hydroxylation sites is 1. The summed E-state index contributed by atoms with van der Waals surface area (Å²) >= 11 is 0. The molecule has 320 valence electrons. The Hall–Kier alpha value is -5.83. The van der Waals surface area contributed by atoms with Gasteiger partial charge in [0.25, 0.3) is 0 Å². The third kappa shape index (κ3) is 7.50. The van der Waals surface area contributed by atoms with Gasteiger partial charge in [0.05, 0.1) is 37.5 Å². The molecule has 5 aliphatic heterocycles. The number of benzene rings is 3. The van der Waals surface area contributed by atoms with E-state index in [-0.39, 0.29) is 66.1 Å². The molecule has 1 aliphatic carbocycles. The number of fused-ring (bicyclic) bond motifs is 6. The minimum atomic E-state index is -1.53. The van der Waals surface area contributed by atoms with E-state index < -0.39 is 73.3 Å². The Morgan fingerprint density at radius 3 is 2.54 bits per heavy atom. The molecule has 18 nitrogen and oxygen atoms in total. The van der Waals surface area contributed by atoms with Crippen LogP contribution in [0.15, 0.2) is 90.5 Å². The number of allylic oxidation sites excluding steroid dienone is 2. The highest BCUT2D eigenvalue weighted by Gasteiger charge is 2.49. The smallest absolute Gasteiger partial charge is 0.242 e. The second-order valence-electron chi connectivity index (χ2n) is 15.4. The first kappa shape index (κ1) is 40.6. The Bertz CT molecular complexity index is 2320. The number of dihydropyridines is 1. The van der Waals surface area contributed by atoms with Crippen molar-refractivity contribution < 1.29 is 53.4 Å². The first-order chi connectivity index (χ1) is 29.6. The summed E-state index contributed by atoms with van der Waals surface area (Å²) in [6.45, 7) is -0.0757. The highest BCUT2D eigenvalue weighted by molar-refractivity contribution is 6.29. The largest absolute Gasteiger partial charge is 0.499 e. The fourth-order valence-corrected chi connectivity index (χ4v) is 8.77. The van der Waals surface area contributed by atoms with Gasteiger partial charge in [-0.1, -0.05) is 48.5 Å². The van der Waals surface area contributed by atoms with Crippen LogP contribution in [0.2, 0.25) is 0 Å². The number of carbonyl (C=O) groups is 3. The molecule has 9 atom stereocenters. The van der Waals surface area contributed by atoms with Gasteiger partial charge in [-0.15, -0.1) is 0 Å². The van der Waals surface area contributed by atoms with Gasteiger partial charge < -0.3 is 60.3 Å². The predicted molar refractivity (Wildman–Crippen MR) is 217 cm³/mol. The zero-order chi connectivity index (χ0) is 42.4. The monoisotopic (exact) mass is 837 g/mol. The number of hydrogen-bond donors (Lipinski definition) is 9. The molecule has 0 saturated carbocycles. The average molecular weight is 838 g/mol. The number of rotatable bonds is 9. The topological polar surface area (TPSA) is 261 Å². The number of nitrogens with one attached hydrogen (secondary N) is 4. The van der Waals surface area contributed by atoms with E-state index in [0.29, 0.717) is 35.6 Å². The SMILES string of the molecule is NC1=CC(CCOC2C3Oc4c(cc5c(c4OCCO)C(=O)c4ccccc4C5=O)C(c4ccccc4N4CNC5C(=O)NC(N)NC54)C=COCC(O3)C(O)C2O)=CCN1. The number of nitrogens with two attached hydrogens (primary N) is 2. The lowest BCUT2D eigenvalue weighted by Gasteiger charge is -2.42. The molecule has 0 radical (unpaired) electrons. The number of carbonyl (C=O) groups excluding carboxylic acids is 3. The summed E-state index contributed by atoms with van der Waals surface area (Å²) in [5.74, 6) is -1.69. The van der Waals surface area contributed by atoms with Crippen LogP contribution in [-0.4, -0.2) is 122 Å². The van der Waals surface area contributed by atoms with Crippen LogP contribution in [0, 0.1) is 0 Å². The Morgan fingerprint density at radius 2 is 1.74 bits per heavy atom. The maximum Gasteiger partial charge on any atom is 0.242 e. The highest BCUT2D eigenvalue weighted by atomic mass is 16.7. The van der Waals surface area contributed by atoms with Crippen LogP contribution in [0.4, 0.5) is 5.69 Å². The second kappa shape index (κ2) is 16.9. The molecular weight excluding hydrogens is 791 g/mol. The molecule has 11 N–H and O–H groups in total. The zero-order valence-electron chi connectivity index (χ0n) is 32.9. The Labute approximate surface area is 350 Å². The molecule has 3 saturated heterocycles. The molecule has 9 rings (SSSR count). The fraction of sp³-hybridized carbons (Fsp3) is 0.372. The number of ether oxygens (including phenoxy) is 5. The summed E-state index contributed by atoms with van der Waals surface area (Å²) in [6.07, 6.45) is -0.872. The molecule has 3 aromatic rings. The number of aliphatic hydroxyl groups excluding tert-OH is 3. The molecule has 0 spiro atoms. The molecular formula is C43H47N7O11. The second-order valence-corrected chi connectivity index (χ2v) is 15.4. The first-order valence-electron chi connectivity index (χ1n) is 20.1. The molecule has 3 fully saturated rings. The highest BCUT2D eigenvalue weighted by Crippen LogP contribution is 2.49. The fourth-order valence-electron chi connectivity index (χ4n) is 8.77. The van der Waals surface area contributed by atoms with E-state index >= 15 is 0 Å². The van der Waals surface area contributed by atoms with Crippen molar-refractivity contribution in [1.82, 2.24) is 21.3 Å². The molecule has 3 aromatic carbocycles. The number of amides is 1. The summed E-state index contributed by atoms with van der Waals surface area (Å²) in [5, 5.41) is 45.3. The molecule has 9 unspecified atom stereocenters. The molecule has 61 heavy (non-hydrogen) atoms. The van der Waals surface area contributed by atoms with E-state index in [9.17, 15) is 29.7 Å². The van der Waals surface area contributed by atoms with Crippen LogP contribution in [0.1, 0.15) is 55.3 Å². The molecule has 2 bridgehead atoms. The normalized spacial score (nSPS) is 29.2. The van der Waals surface area contributed by atoms with Crippen molar-refractivity contribution in [2.24, 2.45) is 11.5 Å². The van der Waals surface area contributed by atoms with Gasteiger partial charge in [0.1, 0.15) is 56.1 Å². The summed E-state index contributed by atoms with van der Waals surface area (Å²) in [7, 11) is 0. The molecule has 6 aliphatic rings. The molecule has 18 heteroatoms. The lowest BCUT2D eigenvalue weighted by Crippen LogP contribution is -2.70. The number of nitrogens with zero attached hydrogens (tertiary/aromatic N) is 1. The van der Waals surface area contributed by atoms with Gasteiger partial charge in [-0.2, -0.15) is 0 Å². The number of ketones is 2. The summed E-state index contributed by atoms with van der Waals surface area (Å²) in [6, 6.07) is 14.9. The van der Waals surface area contributed by atoms with Gasteiger partial charge in [0.2, 0.25) is 12.2 Å². The Morgan fingerprint density at radius 1 is 0.951 bits per heavy atom. The van der Waals surface area contributed by atoms with Crippen LogP contribution in [0.5, 0.6) is 11.5 Å². The maximum absolute atomic E-state index is 14.5. The number of anilines is 1. The van der Waals surface area contributed by atoms with Crippen molar-refractivity contribution >= 4 is 23.2 Å². The molecule has 0 aromatic heterocycles. The summed E-state index contributed by atoms with van der Waals surface area (Å²) in [5.41, 5.74) is 15.1. The lowest BCUT2D eigenvalue weighted by molar-refractivity contribution is -0.287. The van der Waals surface area contributed by atoms with Crippen LogP contribution in [0.3, 0.4) is 0 Å². The van der Waals surface area contributed by atoms with Crippen LogP contribution in [-0.2, 0) is 19.0 Å². The predicted octanol–water partition coefficient (Wildman–Crippen LogP) is -0.537. The van der Waals surface area contributed by atoms with Crippen molar-refractivity contribution in [3.8, 4) is 11.5 Å². The minimum absolute atomic E-state index is 0.0357. The third-order valence-corrected chi connectivity index (χ3v) is 11.7. The minimum Gasteiger partial charge on any atom is -0.499 e. The third-order valence-electron chi connectivity index (χ3n) is 11.7. The zero-order valence-corrected chi connectivity index (χ0v) is 32.9. The van der Waals surface area contributed by atoms with Gasteiger partial charge in [-0.25, -0.2) is 0 Å². The standard InChI is InChI=1S/C43H47N7O11/c44-30-17-21(9-12-46-30)10-15-58-39-36(55)35(54)29-19-57-14-11-22(23-5-3-4-8-28(23)50-20-47-32-40(50)48-43(45)49-41(32)56)26-18-27-31(34(53)25-7-2-1-6-24(25)33(27)52)38(59-16-13-51)37(26)61-42(39)60-29/h1-9,11,14,17-18,22,29,32,35-36,39-40,42-43,46-48,51,54-55H,10,12-13,15-16,19-20,44-45H2,(H,49,56). The van der Waals surface area contributed by atoms with E-state index in [2.05, 4.69) is 21.3 Å². The van der Waals surface area contributed by atoms with Gasteiger partial charge in [-0.3, -0.25) is 30.8 Å². The van der Waals surface area contributed by atoms with Crippen LogP contribution < -0.4 is 47.1 Å². The Kier molecular flexibility index (Phi) is 11.2. The van der Waals surface area contributed by atoms with E-state index in [1.54, 1.807) is 42.5 Å². The van der Waals surface area contributed by atoms with Crippen LogP contribution in [0.25, 0.3) is 0 Å². The lowest BCUT2D eigenvalue weighted by atomic mass is 9.79. The van der Waals surface area contributed by atoms with Crippen molar-refractivity contribution in [2.75, 3.05) is 44.5 Å². The van der Waals surface area contributed by atoms with Gasteiger partial charge in [-0.05, 0) is 41.8 Å². The average Bonchev–Trinajstić information content (AvgIpc) is 3.67. The van der Waals surface area contributed by atoms with E-state index in [0.717, 1.165) is 5.57 Å². The summed E-state index contributed by atoms with van der Waals surface area (Å²) < 4.78 is 31.7. The van der Waals surface area contributed by atoms with Crippen LogP contribution >= 0.6 is 0 Å². The van der Waals surface area contributed by atoms with E-state index in [1.807, 2.05) is 35.2 Å². The van der Waals surface area contributed by atoms with Crippen molar-refractivity contribution in [2.45, 2.75) is 61.5 Å².